The average molecular weight is 250 g/mol. The van der Waals surface area contributed by atoms with Crippen LogP contribution in [0.15, 0.2) is 30.3 Å². The lowest BCUT2D eigenvalue weighted by Gasteiger charge is -2.18. The molecular formula is C18H15F. The Bertz CT molecular complexity index is 784. The first kappa shape index (κ1) is 11.0. The summed E-state index contributed by atoms with van der Waals surface area (Å²) in [5, 5.41) is 2.70. The summed E-state index contributed by atoms with van der Waals surface area (Å²) in [6.07, 6.45) is 8.83. The van der Waals surface area contributed by atoms with Crippen molar-refractivity contribution in [1.29, 1.82) is 0 Å². The molecule has 0 aromatic heterocycles. The molecule has 2 aliphatic rings. The van der Waals surface area contributed by atoms with Gasteiger partial charge in [0.05, 0.1) is 0 Å². The van der Waals surface area contributed by atoms with Gasteiger partial charge in [0.25, 0.3) is 0 Å². The van der Waals surface area contributed by atoms with Crippen molar-refractivity contribution in [2.24, 2.45) is 0 Å². The summed E-state index contributed by atoms with van der Waals surface area (Å²) in [6.45, 7) is 0. The smallest absolute Gasteiger partial charge is 0.127 e. The van der Waals surface area contributed by atoms with Crippen LogP contribution in [0.3, 0.4) is 0 Å². The van der Waals surface area contributed by atoms with Gasteiger partial charge in [-0.25, -0.2) is 4.39 Å². The summed E-state index contributed by atoms with van der Waals surface area (Å²) >= 11 is 0. The number of aryl methyl sites for hydroxylation is 1. The van der Waals surface area contributed by atoms with Crippen molar-refractivity contribution in [3.05, 3.63) is 57.7 Å². The lowest BCUT2D eigenvalue weighted by atomic mass is 9.87. The summed E-state index contributed by atoms with van der Waals surface area (Å²) < 4.78 is 13.9. The second kappa shape index (κ2) is 4.06. The first-order chi connectivity index (χ1) is 9.34. The Labute approximate surface area is 111 Å². The Morgan fingerprint density at radius 2 is 1.84 bits per heavy atom. The zero-order valence-electron chi connectivity index (χ0n) is 10.7. The predicted molar refractivity (Wildman–Crippen MR) is 76.7 cm³/mol. The minimum Gasteiger partial charge on any atom is -0.207 e. The Morgan fingerprint density at radius 3 is 2.79 bits per heavy atom. The highest BCUT2D eigenvalue weighted by Crippen LogP contribution is 2.26. The van der Waals surface area contributed by atoms with Crippen molar-refractivity contribution >= 4 is 12.2 Å². The molecule has 2 aromatic carbocycles. The van der Waals surface area contributed by atoms with Gasteiger partial charge in [-0.3, -0.25) is 0 Å². The molecule has 19 heavy (non-hydrogen) atoms. The highest BCUT2D eigenvalue weighted by molar-refractivity contribution is 5.74. The van der Waals surface area contributed by atoms with Gasteiger partial charge in [-0.05, 0) is 64.4 Å². The van der Waals surface area contributed by atoms with Crippen LogP contribution < -0.4 is 10.4 Å². The van der Waals surface area contributed by atoms with Crippen molar-refractivity contribution in [3.63, 3.8) is 0 Å². The largest absolute Gasteiger partial charge is 0.207 e. The number of hydrogen-bond acceptors (Lipinski definition) is 0. The Kier molecular flexibility index (Phi) is 2.34. The van der Waals surface area contributed by atoms with Crippen LogP contribution in [0.1, 0.15) is 24.0 Å². The molecule has 0 spiro atoms. The van der Waals surface area contributed by atoms with Crippen LogP contribution in [0, 0.1) is 5.82 Å². The van der Waals surface area contributed by atoms with E-state index in [1.54, 1.807) is 6.07 Å². The molecule has 0 bridgehead atoms. The standard InChI is InChI=1S/C18H15F/c19-18-7-3-6-14-16-9-8-12-4-1-2-5-13(12)15(16)10-11-17(14)18/h3,5-10H,1-2,4,11H2. The third kappa shape index (κ3) is 1.58. The normalized spacial score (nSPS) is 15.6. The number of hydrogen-bond donors (Lipinski definition) is 0. The number of halogens is 1. The van der Waals surface area contributed by atoms with E-state index in [0.717, 1.165) is 17.5 Å². The van der Waals surface area contributed by atoms with E-state index in [2.05, 4.69) is 24.3 Å². The minimum absolute atomic E-state index is 0.0823. The Balaban J connectivity index is 2.08. The van der Waals surface area contributed by atoms with Gasteiger partial charge >= 0.3 is 0 Å². The van der Waals surface area contributed by atoms with E-state index in [4.69, 9.17) is 0 Å². The second-order valence-electron chi connectivity index (χ2n) is 5.37. The molecular weight excluding hydrogens is 235 g/mol. The summed E-state index contributed by atoms with van der Waals surface area (Å²) in [7, 11) is 0. The number of benzene rings is 2. The molecule has 94 valence electrons. The van der Waals surface area contributed by atoms with Gasteiger partial charge in [0, 0.05) is 0 Å². The summed E-state index contributed by atoms with van der Waals surface area (Å²) in [4.78, 5) is 0. The Morgan fingerprint density at radius 1 is 0.895 bits per heavy atom. The number of fused-ring (bicyclic) bond motifs is 5. The van der Waals surface area contributed by atoms with Crippen molar-refractivity contribution < 1.29 is 4.39 Å². The van der Waals surface area contributed by atoms with Gasteiger partial charge < -0.3 is 0 Å². The summed E-state index contributed by atoms with van der Waals surface area (Å²) in [5.41, 5.74) is 4.55. The van der Waals surface area contributed by atoms with Crippen molar-refractivity contribution in [2.45, 2.75) is 25.7 Å². The second-order valence-corrected chi connectivity index (χ2v) is 5.37. The van der Waals surface area contributed by atoms with Crippen LogP contribution in [0.4, 0.5) is 4.39 Å². The van der Waals surface area contributed by atoms with E-state index < -0.39 is 0 Å². The molecule has 0 saturated heterocycles. The maximum Gasteiger partial charge on any atom is 0.127 e. The van der Waals surface area contributed by atoms with Crippen LogP contribution in [0.5, 0.6) is 0 Å². The van der Waals surface area contributed by atoms with Crippen LogP contribution in [-0.4, -0.2) is 0 Å². The molecule has 0 heterocycles. The van der Waals surface area contributed by atoms with Crippen molar-refractivity contribution in [1.82, 2.24) is 0 Å². The van der Waals surface area contributed by atoms with E-state index in [1.165, 1.54) is 34.4 Å². The third-order valence-electron chi connectivity index (χ3n) is 4.30. The minimum atomic E-state index is -0.0823. The molecule has 0 saturated carbocycles. The van der Waals surface area contributed by atoms with E-state index in [9.17, 15) is 4.39 Å². The zero-order valence-corrected chi connectivity index (χ0v) is 10.7. The third-order valence-corrected chi connectivity index (χ3v) is 4.30. The lowest BCUT2D eigenvalue weighted by Crippen LogP contribution is -2.34. The molecule has 2 aliphatic carbocycles. The topological polar surface area (TPSA) is 0 Å². The van der Waals surface area contributed by atoms with Crippen LogP contribution in [0.2, 0.25) is 0 Å². The fraction of sp³-hybridized carbons (Fsp3) is 0.222. The molecule has 4 rings (SSSR count). The molecule has 0 aliphatic heterocycles. The van der Waals surface area contributed by atoms with Gasteiger partial charge in [-0.1, -0.05) is 36.4 Å². The van der Waals surface area contributed by atoms with Gasteiger partial charge in [0.15, 0.2) is 0 Å². The fourth-order valence-corrected chi connectivity index (χ4v) is 3.36. The highest BCUT2D eigenvalue weighted by atomic mass is 19.1. The highest BCUT2D eigenvalue weighted by Gasteiger charge is 2.16. The van der Waals surface area contributed by atoms with Crippen molar-refractivity contribution in [2.75, 3.05) is 0 Å². The quantitative estimate of drug-likeness (QED) is 0.674. The molecule has 0 unspecified atom stereocenters. The predicted octanol–water partition coefficient (Wildman–Crippen LogP) is 2.95. The molecule has 0 fully saturated rings. The average Bonchev–Trinajstić information content (AvgIpc) is 2.47. The van der Waals surface area contributed by atoms with Gasteiger partial charge in [-0.15, -0.1) is 0 Å². The fourth-order valence-electron chi connectivity index (χ4n) is 3.36. The molecule has 0 radical (unpaired) electrons. The summed E-state index contributed by atoms with van der Waals surface area (Å²) in [6, 6.07) is 9.80. The lowest BCUT2D eigenvalue weighted by molar-refractivity contribution is 0.616. The van der Waals surface area contributed by atoms with Crippen LogP contribution in [-0.2, 0) is 12.8 Å². The SMILES string of the molecule is Fc1cccc2c1CC=c1c-2ccc2c1=CCCC2. The zero-order chi connectivity index (χ0) is 12.8. The van der Waals surface area contributed by atoms with Crippen LogP contribution >= 0.6 is 0 Å². The maximum atomic E-state index is 13.9. The first-order valence-electron chi connectivity index (χ1n) is 6.94. The molecule has 0 atom stereocenters. The van der Waals surface area contributed by atoms with E-state index in [1.807, 2.05) is 12.1 Å². The Hall–Kier alpha value is -1.89. The van der Waals surface area contributed by atoms with Crippen LogP contribution in [0.25, 0.3) is 23.3 Å². The van der Waals surface area contributed by atoms with Gasteiger partial charge in [-0.2, -0.15) is 0 Å². The maximum absolute atomic E-state index is 13.9. The molecule has 0 amide bonds. The molecule has 0 N–H and O–H groups in total. The first-order valence-corrected chi connectivity index (χ1v) is 6.94. The molecule has 2 aromatic rings. The van der Waals surface area contributed by atoms with E-state index >= 15 is 0 Å². The monoisotopic (exact) mass is 250 g/mol. The number of rotatable bonds is 0. The van der Waals surface area contributed by atoms with E-state index in [-0.39, 0.29) is 5.82 Å². The van der Waals surface area contributed by atoms with E-state index in [0.29, 0.717) is 6.42 Å². The molecule has 0 nitrogen and oxygen atoms in total. The van der Waals surface area contributed by atoms with Gasteiger partial charge in [0.1, 0.15) is 5.82 Å². The molecule has 1 heteroatoms. The summed E-state index contributed by atoms with van der Waals surface area (Å²) in [5.74, 6) is -0.0823. The van der Waals surface area contributed by atoms with Gasteiger partial charge in [0.2, 0.25) is 0 Å². The van der Waals surface area contributed by atoms with Crippen molar-refractivity contribution in [3.8, 4) is 11.1 Å².